The van der Waals surface area contributed by atoms with Crippen molar-refractivity contribution in [1.29, 1.82) is 0 Å². The van der Waals surface area contributed by atoms with Gasteiger partial charge in [-0.05, 0) is 23.3 Å². The molecule has 0 aliphatic carbocycles. The molecule has 2 aromatic rings. The van der Waals surface area contributed by atoms with Gasteiger partial charge in [0.15, 0.2) is 0 Å². The number of anilines is 1. The van der Waals surface area contributed by atoms with E-state index in [2.05, 4.69) is 21.1 Å². The van der Waals surface area contributed by atoms with Crippen molar-refractivity contribution in [3.05, 3.63) is 65.7 Å². The summed E-state index contributed by atoms with van der Waals surface area (Å²) in [6, 6.07) is 14.3. The number of rotatable bonds is 8. The summed E-state index contributed by atoms with van der Waals surface area (Å²) < 4.78 is 0. The Kier molecular flexibility index (Phi) is 7.53. The maximum Gasteiger partial charge on any atom is 0.319 e. The number of hydrogen-bond acceptors (Lipinski definition) is 5. The summed E-state index contributed by atoms with van der Waals surface area (Å²) in [5.41, 5.74) is 1.97. The quantitative estimate of drug-likeness (QED) is 0.266. The first-order valence-electron chi connectivity index (χ1n) is 8.42. The van der Waals surface area contributed by atoms with Crippen molar-refractivity contribution in [2.45, 2.75) is 12.5 Å². The molecule has 2 aromatic carbocycles. The lowest BCUT2D eigenvalue weighted by Gasteiger charge is -2.17. The number of benzene rings is 2. The van der Waals surface area contributed by atoms with Gasteiger partial charge in [-0.3, -0.25) is 9.59 Å². The molecule has 3 amide bonds. The molecule has 28 heavy (non-hydrogen) atoms. The smallest absolute Gasteiger partial charge is 0.319 e. The van der Waals surface area contributed by atoms with E-state index in [9.17, 15) is 14.4 Å². The predicted octanol–water partition coefficient (Wildman–Crippen LogP) is 1.43. The lowest BCUT2D eigenvalue weighted by atomic mass is 10.0. The van der Waals surface area contributed by atoms with E-state index >= 15 is 0 Å². The molecule has 1 unspecified atom stereocenters. The third kappa shape index (κ3) is 6.79. The van der Waals surface area contributed by atoms with Crippen LogP contribution in [-0.2, 0) is 9.59 Å². The minimum absolute atomic E-state index is 0.263. The second-order valence-corrected chi connectivity index (χ2v) is 5.84. The van der Waals surface area contributed by atoms with Crippen molar-refractivity contribution < 1.29 is 19.5 Å². The van der Waals surface area contributed by atoms with Gasteiger partial charge in [-0.1, -0.05) is 42.5 Å². The van der Waals surface area contributed by atoms with Gasteiger partial charge in [0.05, 0.1) is 25.2 Å². The van der Waals surface area contributed by atoms with Gasteiger partial charge in [-0.25, -0.2) is 4.79 Å². The molecular formula is C19H21N5O4. The van der Waals surface area contributed by atoms with E-state index in [0.29, 0.717) is 11.3 Å². The van der Waals surface area contributed by atoms with E-state index in [4.69, 9.17) is 10.9 Å². The van der Waals surface area contributed by atoms with Gasteiger partial charge in [0.1, 0.15) is 0 Å². The zero-order valence-corrected chi connectivity index (χ0v) is 15.0. The SMILES string of the molecule is NN=Cc1ccc(NC(=O)NCC(=O)NC(CC(=O)O)c2ccccc2)cc1. The molecule has 146 valence electrons. The number of carboxylic acid groups (broad SMARTS) is 1. The Labute approximate surface area is 161 Å². The minimum Gasteiger partial charge on any atom is -0.481 e. The Hall–Kier alpha value is -3.88. The first-order valence-corrected chi connectivity index (χ1v) is 8.42. The van der Waals surface area contributed by atoms with Crippen LogP contribution in [0.4, 0.5) is 10.5 Å². The topological polar surface area (TPSA) is 146 Å². The van der Waals surface area contributed by atoms with Crippen LogP contribution < -0.4 is 21.8 Å². The maximum absolute atomic E-state index is 12.1. The molecule has 2 rings (SSSR count). The predicted molar refractivity (Wildman–Crippen MR) is 105 cm³/mol. The average Bonchev–Trinajstić information content (AvgIpc) is 2.68. The molecule has 0 saturated carbocycles. The second kappa shape index (κ2) is 10.3. The number of urea groups is 1. The number of nitrogens with zero attached hydrogens (tertiary/aromatic N) is 1. The summed E-state index contributed by atoms with van der Waals surface area (Å²) in [6.07, 6.45) is 1.20. The minimum atomic E-state index is -1.04. The first kappa shape index (κ1) is 20.4. The van der Waals surface area contributed by atoms with Crippen molar-refractivity contribution in [2.24, 2.45) is 10.9 Å². The zero-order chi connectivity index (χ0) is 20.4. The molecule has 0 aliphatic rings. The molecule has 0 bridgehead atoms. The van der Waals surface area contributed by atoms with Crippen molar-refractivity contribution in [3.8, 4) is 0 Å². The Morgan fingerprint density at radius 1 is 1.07 bits per heavy atom. The number of carbonyl (C=O) groups is 3. The van der Waals surface area contributed by atoms with Gasteiger partial charge in [0.25, 0.3) is 0 Å². The van der Waals surface area contributed by atoms with E-state index in [1.807, 2.05) is 0 Å². The van der Waals surface area contributed by atoms with Crippen LogP contribution in [-0.4, -0.2) is 35.8 Å². The van der Waals surface area contributed by atoms with Crippen LogP contribution in [0.15, 0.2) is 59.7 Å². The number of carbonyl (C=O) groups excluding carboxylic acids is 2. The van der Waals surface area contributed by atoms with Gasteiger partial charge in [-0.2, -0.15) is 5.10 Å². The molecule has 0 saturated heterocycles. The molecule has 0 heterocycles. The molecule has 9 heteroatoms. The highest BCUT2D eigenvalue weighted by atomic mass is 16.4. The largest absolute Gasteiger partial charge is 0.481 e. The van der Waals surface area contributed by atoms with Crippen molar-refractivity contribution in [1.82, 2.24) is 10.6 Å². The van der Waals surface area contributed by atoms with Crippen LogP contribution in [0.25, 0.3) is 0 Å². The lowest BCUT2D eigenvalue weighted by molar-refractivity contribution is -0.137. The lowest BCUT2D eigenvalue weighted by Crippen LogP contribution is -2.40. The standard InChI is InChI=1S/C19H21N5O4/c20-22-11-13-6-8-15(9-7-13)23-19(28)21-12-17(25)24-16(10-18(26)27)14-4-2-1-3-5-14/h1-9,11,16H,10,12,20H2,(H,24,25)(H,26,27)(H2,21,23,28). The summed E-state index contributed by atoms with van der Waals surface area (Å²) in [6.45, 7) is -0.299. The fourth-order valence-corrected chi connectivity index (χ4v) is 2.43. The molecule has 1 atom stereocenters. The molecule has 9 nitrogen and oxygen atoms in total. The Balaban J connectivity index is 1.85. The maximum atomic E-state index is 12.1. The molecule has 0 aliphatic heterocycles. The van der Waals surface area contributed by atoms with Crippen LogP contribution >= 0.6 is 0 Å². The Morgan fingerprint density at radius 2 is 1.75 bits per heavy atom. The zero-order valence-electron chi connectivity index (χ0n) is 15.0. The number of nitrogens with two attached hydrogens (primary N) is 1. The number of amides is 3. The fourth-order valence-electron chi connectivity index (χ4n) is 2.43. The molecule has 0 radical (unpaired) electrons. The highest BCUT2D eigenvalue weighted by Crippen LogP contribution is 2.16. The summed E-state index contributed by atoms with van der Waals surface area (Å²) in [7, 11) is 0. The van der Waals surface area contributed by atoms with E-state index in [0.717, 1.165) is 5.56 Å². The van der Waals surface area contributed by atoms with E-state index in [1.165, 1.54) is 6.21 Å². The highest BCUT2D eigenvalue weighted by Gasteiger charge is 2.18. The average molecular weight is 383 g/mol. The van der Waals surface area contributed by atoms with E-state index < -0.39 is 23.9 Å². The van der Waals surface area contributed by atoms with Crippen LogP contribution in [0.3, 0.4) is 0 Å². The number of aliphatic carboxylic acids is 1. The summed E-state index contributed by atoms with van der Waals surface area (Å²) in [4.78, 5) is 35.1. The summed E-state index contributed by atoms with van der Waals surface area (Å²) in [5, 5.41) is 20.1. The van der Waals surface area contributed by atoms with Crippen molar-refractivity contribution >= 4 is 29.8 Å². The number of nitrogens with one attached hydrogen (secondary N) is 3. The second-order valence-electron chi connectivity index (χ2n) is 5.84. The van der Waals surface area contributed by atoms with Crippen LogP contribution in [0.5, 0.6) is 0 Å². The Morgan fingerprint density at radius 3 is 2.36 bits per heavy atom. The van der Waals surface area contributed by atoms with Gasteiger partial charge < -0.3 is 26.9 Å². The fraction of sp³-hybridized carbons (Fsp3) is 0.158. The Bertz CT molecular complexity index is 837. The van der Waals surface area contributed by atoms with E-state index in [-0.39, 0.29) is 13.0 Å². The number of hydrazone groups is 1. The van der Waals surface area contributed by atoms with E-state index in [1.54, 1.807) is 54.6 Å². The molecule has 0 fully saturated rings. The number of carboxylic acids is 1. The molecule has 0 spiro atoms. The van der Waals surface area contributed by atoms with Crippen LogP contribution in [0.1, 0.15) is 23.6 Å². The molecular weight excluding hydrogens is 362 g/mol. The normalized spacial score (nSPS) is 11.6. The number of hydrogen-bond donors (Lipinski definition) is 5. The highest BCUT2D eigenvalue weighted by molar-refractivity contribution is 5.92. The monoisotopic (exact) mass is 383 g/mol. The molecule has 0 aromatic heterocycles. The van der Waals surface area contributed by atoms with Gasteiger partial charge in [0, 0.05) is 5.69 Å². The van der Waals surface area contributed by atoms with Crippen LogP contribution in [0.2, 0.25) is 0 Å². The third-order valence-electron chi connectivity index (χ3n) is 3.72. The summed E-state index contributed by atoms with van der Waals surface area (Å²) >= 11 is 0. The van der Waals surface area contributed by atoms with Gasteiger partial charge in [-0.15, -0.1) is 0 Å². The first-order chi connectivity index (χ1) is 13.5. The van der Waals surface area contributed by atoms with Gasteiger partial charge >= 0.3 is 12.0 Å². The van der Waals surface area contributed by atoms with Crippen molar-refractivity contribution in [3.63, 3.8) is 0 Å². The summed E-state index contributed by atoms with van der Waals surface area (Å²) in [5.74, 6) is 3.53. The third-order valence-corrected chi connectivity index (χ3v) is 3.72. The van der Waals surface area contributed by atoms with Crippen molar-refractivity contribution in [2.75, 3.05) is 11.9 Å². The van der Waals surface area contributed by atoms with Crippen LogP contribution in [0, 0.1) is 0 Å². The van der Waals surface area contributed by atoms with Gasteiger partial charge in [0.2, 0.25) is 5.91 Å². The molecule has 6 N–H and O–H groups in total.